The maximum absolute atomic E-state index is 11.0. The number of hydrogen-bond donors (Lipinski definition) is 2. The monoisotopic (exact) mass is 216 g/mol. The normalized spacial score (nSPS) is 11.7. The van der Waals surface area contributed by atoms with Crippen molar-refractivity contribution in [1.29, 1.82) is 0 Å². The highest BCUT2D eigenvalue weighted by Crippen LogP contribution is 2.37. The fraction of sp³-hybridized carbons (Fsp3) is 0.818. The molecule has 0 saturated carbocycles. The summed E-state index contributed by atoms with van der Waals surface area (Å²) in [6.07, 6.45) is 2.86. The second-order valence-electron chi connectivity index (χ2n) is 4.26. The molecule has 4 nitrogen and oxygen atoms in total. The standard InChI is InChI=1S/C11H20O4/c1-4-6-11(3,7-5-2)8(9(12)13)10(14)15/h8H,4-7H2,1-3H3,(H,12,13)(H,14,15). The predicted octanol–water partition coefficient (Wildman–Crippen LogP) is 2.38. The van der Waals surface area contributed by atoms with Crippen molar-refractivity contribution in [2.45, 2.75) is 46.5 Å². The van der Waals surface area contributed by atoms with Crippen molar-refractivity contribution in [1.82, 2.24) is 0 Å². The predicted molar refractivity (Wildman–Crippen MR) is 56.7 cm³/mol. The van der Waals surface area contributed by atoms with E-state index in [4.69, 9.17) is 10.2 Å². The molecule has 0 rings (SSSR count). The Balaban J connectivity index is 4.98. The van der Waals surface area contributed by atoms with Gasteiger partial charge in [0.25, 0.3) is 0 Å². The fourth-order valence-electron chi connectivity index (χ4n) is 2.26. The molecule has 2 N–H and O–H groups in total. The Morgan fingerprint density at radius 2 is 1.40 bits per heavy atom. The Morgan fingerprint density at radius 1 is 1.07 bits per heavy atom. The van der Waals surface area contributed by atoms with Crippen LogP contribution >= 0.6 is 0 Å². The average molecular weight is 216 g/mol. The Morgan fingerprint density at radius 3 is 1.60 bits per heavy atom. The first-order valence-electron chi connectivity index (χ1n) is 5.34. The summed E-state index contributed by atoms with van der Waals surface area (Å²) in [7, 11) is 0. The van der Waals surface area contributed by atoms with Gasteiger partial charge in [-0.3, -0.25) is 9.59 Å². The van der Waals surface area contributed by atoms with E-state index in [1.807, 2.05) is 13.8 Å². The summed E-state index contributed by atoms with van der Waals surface area (Å²) in [4.78, 5) is 21.9. The van der Waals surface area contributed by atoms with E-state index in [0.29, 0.717) is 12.8 Å². The first-order chi connectivity index (χ1) is 6.89. The molecule has 0 spiro atoms. The Labute approximate surface area is 90.3 Å². The highest BCUT2D eigenvalue weighted by atomic mass is 16.4. The lowest BCUT2D eigenvalue weighted by atomic mass is 9.71. The number of carboxylic acids is 2. The third-order valence-electron chi connectivity index (χ3n) is 2.83. The highest BCUT2D eigenvalue weighted by molar-refractivity contribution is 5.93. The van der Waals surface area contributed by atoms with Crippen molar-refractivity contribution in [3.63, 3.8) is 0 Å². The average Bonchev–Trinajstić information content (AvgIpc) is 2.02. The Bertz CT molecular complexity index is 215. The summed E-state index contributed by atoms with van der Waals surface area (Å²) in [5.74, 6) is -3.75. The van der Waals surface area contributed by atoms with Crippen LogP contribution in [-0.4, -0.2) is 22.2 Å². The van der Waals surface area contributed by atoms with Gasteiger partial charge in [-0.25, -0.2) is 0 Å². The van der Waals surface area contributed by atoms with Gasteiger partial charge in [-0.1, -0.05) is 33.6 Å². The van der Waals surface area contributed by atoms with Crippen molar-refractivity contribution >= 4 is 11.9 Å². The second kappa shape index (κ2) is 5.73. The molecule has 0 aliphatic heterocycles. The molecule has 0 aromatic heterocycles. The number of carbonyl (C=O) groups is 2. The Kier molecular flexibility index (Phi) is 5.33. The molecule has 0 heterocycles. The molecule has 0 amide bonds. The Hall–Kier alpha value is -1.06. The molecule has 0 unspecified atom stereocenters. The van der Waals surface area contributed by atoms with E-state index in [9.17, 15) is 9.59 Å². The van der Waals surface area contributed by atoms with Gasteiger partial charge < -0.3 is 10.2 Å². The van der Waals surface area contributed by atoms with Crippen LogP contribution in [-0.2, 0) is 9.59 Å². The van der Waals surface area contributed by atoms with Crippen LogP contribution in [0, 0.1) is 11.3 Å². The number of rotatable bonds is 7. The summed E-state index contributed by atoms with van der Waals surface area (Å²) in [5.41, 5.74) is -0.638. The molecular formula is C11H20O4. The minimum Gasteiger partial charge on any atom is -0.481 e. The summed E-state index contributed by atoms with van der Waals surface area (Å²) >= 11 is 0. The van der Waals surface area contributed by atoms with Crippen LogP contribution in [0.3, 0.4) is 0 Å². The van der Waals surface area contributed by atoms with Gasteiger partial charge in [0.15, 0.2) is 5.92 Å². The summed E-state index contributed by atoms with van der Waals surface area (Å²) in [6.45, 7) is 5.64. The maximum atomic E-state index is 11.0. The molecule has 0 aliphatic rings. The highest BCUT2D eigenvalue weighted by Gasteiger charge is 2.43. The van der Waals surface area contributed by atoms with E-state index < -0.39 is 23.3 Å². The van der Waals surface area contributed by atoms with Gasteiger partial charge in [0.1, 0.15) is 0 Å². The van der Waals surface area contributed by atoms with Gasteiger partial charge in [-0.15, -0.1) is 0 Å². The van der Waals surface area contributed by atoms with Gasteiger partial charge >= 0.3 is 11.9 Å². The van der Waals surface area contributed by atoms with E-state index in [2.05, 4.69) is 0 Å². The molecule has 0 aromatic carbocycles. The zero-order valence-corrected chi connectivity index (χ0v) is 9.62. The molecule has 88 valence electrons. The van der Waals surface area contributed by atoms with Crippen molar-refractivity contribution in [2.24, 2.45) is 11.3 Å². The molecule has 15 heavy (non-hydrogen) atoms. The molecule has 0 atom stereocenters. The minimum atomic E-state index is -1.29. The van der Waals surface area contributed by atoms with Crippen LogP contribution in [0.2, 0.25) is 0 Å². The van der Waals surface area contributed by atoms with Crippen LogP contribution < -0.4 is 0 Å². The molecule has 0 bridgehead atoms. The smallest absolute Gasteiger partial charge is 0.318 e. The molecule has 0 radical (unpaired) electrons. The van der Waals surface area contributed by atoms with Gasteiger partial charge in [0.2, 0.25) is 0 Å². The lowest BCUT2D eigenvalue weighted by molar-refractivity contribution is -0.161. The van der Waals surface area contributed by atoms with Crippen molar-refractivity contribution in [3.8, 4) is 0 Å². The van der Waals surface area contributed by atoms with Gasteiger partial charge in [-0.05, 0) is 18.3 Å². The van der Waals surface area contributed by atoms with Crippen LogP contribution in [0.25, 0.3) is 0 Å². The first kappa shape index (κ1) is 13.9. The maximum Gasteiger partial charge on any atom is 0.318 e. The van der Waals surface area contributed by atoms with E-state index in [1.165, 1.54) is 0 Å². The van der Waals surface area contributed by atoms with Gasteiger partial charge in [-0.2, -0.15) is 0 Å². The van der Waals surface area contributed by atoms with E-state index >= 15 is 0 Å². The molecule has 0 saturated heterocycles. The van der Waals surface area contributed by atoms with Crippen molar-refractivity contribution < 1.29 is 19.8 Å². The topological polar surface area (TPSA) is 74.6 Å². The zero-order valence-electron chi connectivity index (χ0n) is 9.62. The molecule has 4 heteroatoms. The SMILES string of the molecule is CCCC(C)(CCC)C(C(=O)O)C(=O)O. The quantitative estimate of drug-likeness (QED) is 0.641. The second-order valence-corrected chi connectivity index (χ2v) is 4.26. The number of aliphatic carboxylic acids is 2. The van der Waals surface area contributed by atoms with Crippen LogP contribution in [0.5, 0.6) is 0 Å². The summed E-state index contributed by atoms with van der Waals surface area (Å²) in [5, 5.41) is 17.9. The van der Waals surface area contributed by atoms with E-state index in [-0.39, 0.29) is 0 Å². The molecule has 0 fully saturated rings. The van der Waals surface area contributed by atoms with Crippen LogP contribution in [0.1, 0.15) is 46.5 Å². The summed E-state index contributed by atoms with van der Waals surface area (Å²) < 4.78 is 0. The van der Waals surface area contributed by atoms with Crippen LogP contribution in [0.15, 0.2) is 0 Å². The summed E-state index contributed by atoms with van der Waals surface area (Å²) in [6, 6.07) is 0. The number of hydrogen-bond acceptors (Lipinski definition) is 2. The first-order valence-corrected chi connectivity index (χ1v) is 5.34. The molecular weight excluding hydrogens is 196 g/mol. The van der Waals surface area contributed by atoms with E-state index in [1.54, 1.807) is 6.92 Å². The third kappa shape index (κ3) is 3.53. The van der Waals surface area contributed by atoms with E-state index in [0.717, 1.165) is 12.8 Å². The van der Waals surface area contributed by atoms with Crippen molar-refractivity contribution in [2.75, 3.05) is 0 Å². The van der Waals surface area contributed by atoms with Crippen molar-refractivity contribution in [3.05, 3.63) is 0 Å². The largest absolute Gasteiger partial charge is 0.481 e. The lowest BCUT2D eigenvalue weighted by Gasteiger charge is -2.32. The van der Waals surface area contributed by atoms with Gasteiger partial charge in [0, 0.05) is 0 Å². The zero-order chi connectivity index (χ0) is 12.1. The van der Waals surface area contributed by atoms with Gasteiger partial charge in [0.05, 0.1) is 0 Å². The lowest BCUT2D eigenvalue weighted by Crippen LogP contribution is -2.39. The third-order valence-corrected chi connectivity index (χ3v) is 2.83. The molecule has 0 aromatic rings. The fourth-order valence-corrected chi connectivity index (χ4v) is 2.26. The number of carboxylic acid groups (broad SMARTS) is 2. The molecule has 0 aliphatic carbocycles. The minimum absolute atomic E-state index is 0.629. The van der Waals surface area contributed by atoms with Crippen LogP contribution in [0.4, 0.5) is 0 Å².